The first-order valence-electron chi connectivity index (χ1n) is 11.3. The Morgan fingerprint density at radius 2 is 1.11 bits per heavy atom. The molecule has 12 heteroatoms. The van der Waals surface area contributed by atoms with Gasteiger partial charge in [0.25, 0.3) is 0 Å². The second kappa shape index (κ2) is 11.5. The summed E-state index contributed by atoms with van der Waals surface area (Å²) in [5, 5.41) is 5.36. The number of hydrogen-bond donors (Lipinski definition) is 0. The lowest BCUT2D eigenvalue weighted by Crippen LogP contribution is -2.61. The maximum absolute atomic E-state index is 12.3. The molecule has 0 bridgehead atoms. The molecule has 194 valence electrons. The van der Waals surface area contributed by atoms with E-state index in [0.717, 1.165) is 22.6 Å². The fourth-order valence-corrected chi connectivity index (χ4v) is 7.63. The molecule has 0 atom stereocenters. The van der Waals surface area contributed by atoms with Gasteiger partial charge in [0.1, 0.15) is 0 Å². The number of rotatable bonds is 8. The van der Waals surface area contributed by atoms with Gasteiger partial charge in [-0.05, 0) is 49.2 Å². The maximum atomic E-state index is 12.3. The number of nitrogens with zero attached hydrogens (tertiary/aromatic N) is 2. The van der Waals surface area contributed by atoms with Crippen LogP contribution in [0.25, 0.3) is 0 Å². The molecule has 0 saturated carbocycles. The van der Waals surface area contributed by atoms with E-state index in [1.54, 1.807) is 47.8 Å². The van der Waals surface area contributed by atoms with E-state index < -0.39 is 11.9 Å². The van der Waals surface area contributed by atoms with Crippen LogP contribution >= 0.6 is 69.9 Å². The smallest absolute Gasteiger partial charge is 0.359 e. The fraction of sp³-hybridized carbons (Fsp3) is 0.417. The molecular formula is C24H24Cl4N2O4S2. The van der Waals surface area contributed by atoms with Gasteiger partial charge in [0.2, 0.25) is 0 Å². The van der Waals surface area contributed by atoms with Crippen LogP contribution in [0, 0.1) is 0 Å². The van der Waals surface area contributed by atoms with Crippen molar-refractivity contribution < 1.29 is 19.3 Å². The molecule has 0 aromatic heterocycles. The predicted molar refractivity (Wildman–Crippen MR) is 146 cm³/mol. The van der Waals surface area contributed by atoms with Gasteiger partial charge in [-0.2, -0.15) is 0 Å². The molecule has 4 rings (SSSR count). The summed E-state index contributed by atoms with van der Waals surface area (Å²) in [5.74, 6) is -2.10. The van der Waals surface area contributed by atoms with E-state index in [1.807, 2.05) is 12.1 Å². The minimum absolute atomic E-state index is 0.199. The highest BCUT2D eigenvalue weighted by atomic mass is 35.5. The first-order valence-corrected chi connectivity index (χ1v) is 14.4. The Bertz CT molecular complexity index is 1070. The maximum Gasteiger partial charge on any atom is 0.438 e. The second-order valence-corrected chi connectivity index (χ2v) is 13.5. The zero-order valence-electron chi connectivity index (χ0n) is 19.6. The lowest BCUT2D eigenvalue weighted by molar-refractivity contribution is -0.240. The molecule has 2 aromatic carbocycles. The number of benzene rings is 2. The molecule has 2 heterocycles. The van der Waals surface area contributed by atoms with Crippen LogP contribution in [-0.4, -0.2) is 57.7 Å². The number of halogens is 4. The Morgan fingerprint density at radius 3 is 1.44 bits per heavy atom. The molecule has 0 radical (unpaired) electrons. The van der Waals surface area contributed by atoms with Gasteiger partial charge < -0.3 is 9.68 Å². The molecule has 2 aliphatic heterocycles. The van der Waals surface area contributed by atoms with Crippen LogP contribution in [0.5, 0.6) is 0 Å². The van der Waals surface area contributed by atoms with E-state index >= 15 is 0 Å². The van der Waals surface area contributed by atoms with Crippen molar-refractivity contribution in [2.24, 2.45) is 0 Å². The zero-order chi connectivity index (χ0) is 26.1. The zero-order valence-corrected chi connectivity index (χ0v) is 24.2. The monoisotopic (exact) mass is 608 g/mol. The van der Waals surface area contributed by atoms with Crippen molar-refractivity contribution in [2.45, 2.75) is 46.0 Å². The molecule has 0 unspecified atom stereocenters. The van der Waals surface area contributed by atoms with E-state index in [-0.39, 0.29) is 9.49 Å². The Labute approximate surface area is 238 Å². The van der Waals surface area contributed by atoms with Crippen molar-refractivity contribution in [3.05, 3.63) is 56.5 Å². The Balaban J connectivity index is 1.25. The summed E-state index contributed by atoms with van der Waals surface area (Å²) < 4.78 is -0.398. The number of carbonyl (C=O) groups is 2. The lowest BCUT2D eigenvalue weighted by Gasteiger charge is -2.48. The van der Waals surface area contributed by atoms with Gasteiger partial charge in [0, 0.05) is 19.8 Å². The van der Waals surface area contributed by atoms with Gasteiger partial charge in [-0.25, -0.2) is 9.59 Å². The van der Waals surface area contributed by atoms with Gasteiger partial charge in [0.15, 0.2) is 0 Å². The van der Waals surface area contributed by atoms with Crippen LogP contribution in [0.1, 0.15) is 26.7 Å². The quantitative estimate of drug-likeness (QED) is 0.296. The van der Waals surface area contributed by atoms with Crippen LogP contribution in [-0.2, 0) is 19.3 Å². The molecule has 0 aliphatic carbocycles. The highest BCUT2D eigenvalue weighted by Gasteiger charge is 2.48. The summed E-state index contributed by atoms with van der Waals surface area (Å²) in [6, 6.07) is 10.6. The van der Waals surface area contributed by atoms with Crippen LogP contribution in [0.4, 0.5) is 0 Å². The first kappa shape index (κ1) is 28.2. The standard InChI is InChI=1S/C24H24Cl4N2O4S2/c1-3-23(35-19-9-15(25)5-7-17(19)27)11-29(12-23)33-21(31)22(32)34-30-13-24(4-2,14-30)36-20-10-16(26)6-8-18(20)28/h5-10H,3-4,11-14H2,1-2H3. The molecule has 36 heavy (non-hydrogen) atoms. The van der Waals surface area contributed by atoms with Crippen molar-refractivity contribution >= 4 is 81.9 Å². The van der Waals surface area contributed by atoms with Crippen molar-refractivity contribution in [1.29, 1.82) is 0 Å². The molecule has 2 fully saturated rings. The normalized spacial score (nSPS) is 18.7. The van der Waals surface area contributed by atoms with E-state index in [1.165, 1.54) is 10.1 Å². The second-order valence-electron chi connectivity index (χ2n) is 8.78. The van der Waals surface area contributed by atoms with Crippen LogP contribution in [0.2, 0.25) is 20.1 Å². The topological polar surface area (TPSA) is 59.1 Å². The lowest BCUT2D eigenvalue weighted by atomic mass is 9.98. The summed E-state index contributed by atoms with van der Waals surface area (Å²) in [6.45, 7) is 5.92. The minimum Gasteiger partial charge on any atom is -0.359 e. The third-order valence-electron chi connectivity index (χ3n) is 6.18. The third-order valence-corrected chi connectivity index (χ3v) is 10.6. The van der Waals surface area contributed by atoms with Gasteiger partial charge >= 0.3 is 11.9 Å². The number of thioether (sulfide) groups is 2. The SMILES string of the molecule is CCC1(Sc2cc(Cl)ccc2Cl)CN(OC(=O)C(=O)ON2CC(CC)(Sc3cc(Cl)ccc3Cl)C2)C1. The predicted octanol–water partition coefficient (Wildman–Crippen LogP) is 7.03. The van der Waals surface area contributed by atoms with Gasteiger partial charge in [0.05, 0.1) is 45.7 Å². The Morgan fingerprint density at radius 1 is 0.750 bits per heavy atom. The average Bonchev–Trinajstić information content (AvgIpc) is 2.80. The van der Waals surface area contributed by atoms with Gasteiger partial charge in [-0.3, -0.25) is 0 Å². The van der Waals surface area contributed by atoms with Crippen molar-refractivity contribution in [1.82, 2.24) is 10.1 Å². The molecule has 0 spiro atoms. The Hall–Kier alpha value is -0.840. The van der Waals surface area contributed by atoms with E-state index in [4.69, 9.17) is 56.1 Å². The van der Waals surface area contributed by atoms with Crippen molar-refractivity contribution in [3.63, 3.8) is 0 Å². The van der Waals surface area contributed by atoms with E-state index in [0.29, 0.717) is 46.3 Å². The highest BCUT2D eigenvalue weighted by molar-refractivity contribution is 8.01. The Kier molecular flexibility index (Phi) is 9.00. The first-order chi connectivity index (χ1) is 17.1. The van der Waals surface area contributed by atoms with Crippen molar-refractivity contribution in [2.75, 3.05) is 26.2 Å². The molecule has 0 amide bonds. The summed E-state index contributed by atoms with van der Waals surface area (Å²) in [5.41, 5.74) is 0. The van der Waals surface area contributed by atoms with Gasteiger partial charge in [-0.1, -0.05) is 60.3 Å². The highest BCUT2D eigenvalue weighted by Crippen LogP contribution is 2.47. The largest absolute Gasteiger partial charge is 0.438 e. The summed E-state index contributed by atoms with van der Waals surface area (Å²) in [6.07, 6.45) is 1.64. The number of hydroxylamine groups is 4. The molecule has 2 aliphatic rings. The number of carbonyl (C=O) groups excluding carboxylic acids is 2. The summed E-state index contributed by atoms with van der Waals surface area (Å²) >= 11 is 28.0. The van der Waals surface area contributed by atoms with Crippen LogP contribution in [0.15, 0.2) is 46.2 Å². The average molecular weight is 610 g/mol. The molecule has 2 aromatic rings. The molecular weight excluding hydrogens is 586 g/mol. The van der Waals surface area contributed by atoms with E-state index in [9.17, 15) is 9.59 Å². The molecule has 6 nitrogen and oxygen atoms in total. The number of hydrogen-bond acceptors (Lipinski definition) is 8. The van der Waals surface area contributed by atoms with Gasteiger partial charge in [-0.15, -0.1) is 33.7 Å². The molecule has 0 N–H and O–H groups in total. The fourth-order valence-electron chi connectivity index (χ4n) is 3.93. The van der Waals surface area contributed by atoms with E-state index in [2.05, 4.69) is 13.8 Å². The van der Waals surface area contributed by atoms with Crippen LogP contribution in [0.3, 0.4) is 0 Å². The third kappa shape index (κ3) is 6.41. The summed E-state index contributed by atoms with van der Waals surface area (Å²) in [7, 11) is 0. The van der Waals surface area contributed by atoms with Crippen molar-refractivity contribution in [3.8, 4) is 0 Å². The minimum atomic E-state index is -1.05. The molecule has 2 saturated heterocycles. The van der Waals surface area contributed by atoms with Crippen LogP contribution < -0.4 is 0 Å². The summed E-state index contributed by atoms with van der Waals surface area (Å²) in [4.78, 5) is 36.9.